The fourth-order valence-electron chi connectivity index (χ4n) is 2.91. The third-order valence-corrected chi connectivity index (χ3v) is 4.78. The average molecular weight is 349 g/mol. The molecule has 0 bridgehead atoms. The summed E-state index contributed by atoms with van der Waals surface area (Å²) in [6, 6.07) is 7.55. The number of aromatic nitrogens is 2. The Kier molecular flexibility index (Phi) is 5.16. The lowest BCUT2D eigenvalue weighted by molar-refractivity contribution is -0.132. The number of piperazine rings is 1. The maximum atomic E-state index is 12.5. The number of carbonyl (C=O) groups is 1. The molecule has 1 fully saturated rings. The van der Waals surface area contributed by atoms with Gasteiger partial charge < -0.3 is 9.32 Å². The number of hydrogen-bond donors (Lipinski definition) is 0. The summed E-state index contributed by atoms with van der Waals surface area (Å²) in [6.45, 7) is 6.80. The van der Waals surface area contributed by atoms with E-state index in [1.165, 1.54) is 0 Å². The summed E-state index contributed by atoms with van der Waals surface area (Å²) in [6.07, 6.45) is 0.345. The topological polar surface area (TPSA) is 62.5 Å². The Balaban J connectivity index is 1.55. The monoisotopic (exact) mass is 348 g/mol. The van der Waals surface area contributed by atoms with Crippen LogP contribution in [0.1, 0.15) is 30.3 Å². The molecule has 0 saturated carbocycles. The summed E-state index contributed by atoms with van der Waals surface area (Å²) in [5.74, 6) is 1.32. The Labute approximate surface area is 146 Å². The number of nitrogens with zero attached hydrogens (tertiary/aromatic N) is 4. The molecular weight excluding hydrogens is 328 g/mol. The van der Waals surface area contributed by atoms with Gasteiger partial charge in [-0.25, -0.2) is 0 Å². The number of aryl methyl sites for hydroxylation is 1. The molecule has 0 aliphatic carbocycles. The van der Waals surface area contributed by atoms with E-state index in [4.69, 9.17) is 16.0 Å². The predicted molar refractivity (Wildman–Crippen MR) is 90.8 cm³/mol. The fraction of sp³-hybridized carbons (Fsp3) is 0.471. The molecule has 1 aliphatic heterocycles. The standard InChI is InChI=1S/C17H21ClN4O2/c1-12(17-20-19-13(2)24-17)21-7-9-22(10-8-21)16(23)11-14-5-3-4-6-15(14)18/h3-6,12H,7-11H2,1-2H3/t12-/m1/s1. The van der Waals surface area contributed by atoms with Gasteiger partial charge in [0.05, 0.1) is 12.5 Å². The van der Waals surface area contributed by atoms with E-state index in [-0.39, 0.29) is 11.9 Å². The first-order valence-electron chi connectivity index (χ1n) is 8.10. The highest BCUT2D eigenvalue weighted by atomic mass is 35.5. The first kappa shape index (κ1) is 16.9. The Hall–Kier alpha value is -1.92. The summed E-state index contributed by atoms with van der Waals surface area (Å²) in [7, 11) is 0. The van der Waals surface area contributed by atoms with Crippen LogP contribution in [0.5, 0.6) is 0 Å². The smallest absolute Gasteiger partial charge is 0.233 e. The van der Waals surface area contributed by atoms with Gasteiger partial charge in [0.1, 0.15) is 0 Å². The SMILES string of the molecule is Cc1nnc([C@@H](C)N2CCN(C(=O)Cc3ccccc3Cl)CC2)o1. The molecule has 0 unspecified atom stereocenters. The fourth-order valence-corrected chi connectivity index (χ4v) is 3.11. The molecule has 2 aromatic rings. The average Bonchev–Trinajstić information content (AvgIpc) is 3.03. The van der Waals surface area contributed by atoms with Gasteiger partial charge >= 0.3 is 0 Å². The predicted octanol–water partition coefficient (Wildman–Crippen LogP) is 2.48. The van der Waals surface area contributed by atoms with Gasteiger partial charge in [0.25, 0.3) is 0 Å². The molecule has 1 amide bonds. The lowest BCUT2D eigenvalue weighted by Crippen LogP contribution is -2.49. The second kappa shape index (κ2) is 7.32. The van der Waals surface area contributed by atoms with Crippen molar-refractivity contribution >= 4 is 17.5 Å². The summed E-state index contributed by atoms with van der Waals surface area (Å²) in [5.41, 5.74) is 0.876. The van der Waals surface area contributed by atoms with Crippen LogP contribution < -0.4 is 0 Å². The zero-order chi connectivity index (χ0) is 17.1. The zero-order valence-electron chi connectivity index (χ0n) is 13.9. The third-order valence-electron chi connectivity index (χ3n) is 4.41. The summed E-state index contributed by atoms with van der Waals surface area (Å²) < 4.78 is 5.51. The van der Waals surface area contributed by atoms with Crippen molar-refractivity contribution < 1.29 is 9.21 Å². The highest BCUT2D eigenvalue weighted by Crippen LogP contribution is 2.21. The Morgan fingerprint density at radius 2 is 1.96 bits per heavy atom. The highest BCUT2D eigenvalue weighted by Gasteiger charge is 2.27. The van der Waals surface area contributed by atoms with E-state index in [1.54, 1.807) is 6.92 Å². The van der Waals surface area contributed by atoms with Gasteiger partial charge in [0, 0.05) is 38.1 Å². The molecule has 1 atom stereocenters. The number of benzene rings is 1. The van der Waals surface area contributed by atoms with Crippen LogP contribution in [0.2, 0.25) is 5.02 Å². The van der Waals surface area contributed by atoms with E-state index in [1.807, 2.05) is 36.1 Å². The van der Waals surface area contributed by atoms with Crippen LogP contribution in [-0.2, 0) is 11.2 Å². The second-order valence-electron chi connectivity index (χ2n) is 6.02. The summed E-state index contributed by atoms with van der Waals surface area (Å²) >= 11 is 6.14. The van der Waals surface area contributed by atoms with Crippen molar-refractivity contribution in [1.82, 2.24) is 20.0 Å². The molecule has 2 heterocycles. The third kappa shape index (κ3) is 3.76. The maximum Gasteiger partial charge on any atom is 0.233 e. The van der Waals surface area contributed by atoms with Crippen LogP contribution in [0.4, 0.5) is 0 Å². The minimum atomic E-state index is 0.0621. The van der Waals surface area contributed by atoms with Gasteiger partial charge in [0.15, 0.2) is 0 Å². The maximum absolute atomic E-state index is 12.5. The lowest BCUT2D eigenvalue weighted by Gasteiger charge is -2.37. The normalized spacial score (nSPS) is 17.0. The van der Waals surface area contributed by atoms with Crippen molar-refractivity contribution in [3.05, 3.63) is 46.6 Å². The first-order valence-corrected chi connectivity index (χ1v) is 8.47. The molecule has 7 heteroatoms. The van der Waals surface area contributed by atoms with Gasteiger partial charge in [0.2, 0.25) is 17.7 Å². The molecular formula is C17H21ClN4O2. The van der Waals surface area contributed by atoms with Gasteiger partial charge in [-0.05, 0) is 18.6 Å². The largest absolute Gasteiger partial charge is 0.424 e. The molecule has 6 nitrogen and oxygen atoms in total. The molecule has 24 heavy (non-hydrogen) atoms. The molecule has 0 spiro atoms. The summed E-state index contributed by atoms with van der Waals surface area (Å²) in [4.78, 5) is 16.6. The Morgan fingerprint density at radius 1 is 1.25 bits per heavy atom. The zero-order valence-corrected chi connectivity index (χ0v) is 14.7. The van der Waals surface area contributed by atoms with Crippen LogP contribution >= 0.6 is 11.6 Å². The number of carbonyl (C=O) groups excluding carboxylic acids is 1. The minimum absolute atomic E-state index is 0.0621. The van der Waals surface area contributed by atoms with E-state index >= 15 is 0 Å². The molecule has 0 N–H and O–H groups in total. The Bertz CT molecular complexity index is 710. The number of amides is 1. The van der Waals surface area contributed by atoms with Crippen molar-refractivity contribution in [1.29, 1.82) is 0 Å². The van der Waals surface area contributed by atoms with Gasteiger partial charge in [-0.3, -0.25) is 9.69 Å². The number of halogens is 1. The van der Waals surface area contributed by atoms with Crippen molar-refractivity contribution in [3.63, 3.8) is 0 Å². The van der Waals surface area contributed by atoms with Gasteiger partial charge in [-0.15, -0.1) is 10.2 Å². The van der Waals surface area contributed by atoms with Crippen LogP contribution in [0.3, 0.4) is 0 Å². The van der Waals surface area contributed by atoms with Crippen molar-refractivity contribution in [2.24, 2.45) is 0 Å². The van der Waals surface area contributed by atoms with Crippen LogP contribution in [-0.4, -0.2) is 52.1 Å². The van der Waals surface area contributed by atoms with Crippen LogP contribution in [0.25, 0.3) is 0 Å². The molecule has 128 valence electrons. The summed E-state index contributed by atoms with van der Waals surface area (Å²) in [5, 5.41) is 8.61. The van der Waals surface area contributed by atoms with E-state index in [9.17, 15) is 4.79 Å². The molecule has 1 aromatic heterocycles. The van der Waals surface area contributed by atoms with Gasteiger partial charge in [-0.1, -0.05) is 29.8 Å². The van der Waals surface area contributed by atoms with Crippen LogP contribution in [0, 0.1) is 6.92 Å². The van der Waals surface area contributed by atoms with E-state index in [2.05, 4.69) is 15.1 Å². The molecule has 1 aromatic carbocycles. The van der Waals surface area contributed by atoms with E-state index in [0.717, 1.165) is 18.7 Å². The van der Waals surface area contributed by atoms with Crippen molar-refractivity contribution in [2.45, 2.75) is 26.3 Å². The number of rotatable bonds is 4. The first-order chi connectivity index (χ1) is 11.5. The van der Waals surface area contributed by atoms with E-state index in [0.29, 0.717) is 36.3 Å². The molecule has 1 saturated heterocycles. The van der Waals surface area contributed by atoms with Gasteiger partial charge in [-0.2, -0.15) is 0 Å². The number of hydrogen-bond acceptors (Lipinski definition) is 5. The molecule has 1 aliphatic rings. The van der Waals surface area contributed by atoms with E-state index < -0.39 is 0 Å². The quantitative estimate of drug-likeness (QED) is 0.849. The lowest BCUT2D eigenvalue weighted by atomic mass is 10.1. The highest BCUT2D eigenvalue weighted by molar-refractivity contribution is 6.31. The second-order valence-corrected chi connectivity index (χ2v) is 6.43. The van der Waals surface area contributed by atoms with Crippen LogP contribution in [0.15, 0.2) is 28.7 Å². The van der Waals surface area contributed by atoms with Crippen molar-refractivity contribution in [3.8, 4) is 0 Å². The minimum Gasteiger partial charge on any atom is -0.424 e. The molecule has 3 rings (SSSR count). The van der Waals surface area contributed by atoms with Crippen molar-refractivity contribution in [2.75, 3.05) is 26.2 Å². The molecule has 0 radical (unpaired) electrons. The Morgan fingerprint density at radius 3 is 2.58 bits per heavy atom.